The molecule has 0 saturated carbocycles. The number of phenols is 1. The van der Waals surface area contributed by atoms with Crippen molar-refractivity contribution >= 4 is 16.7 Å². The molecule has 0 aliphatic heterocycles. The van der Waals surface area contributed by atoms with Crippen LogP contribution in [0.2, 0.25) is 0 Å². The molecule has 0 unspecified atom stereocenters. The van der Waals surface area contributed by atoms with Gasteiger partial charge in [-0.05, 0) is 18.2 Å². The second-order valence-electron chi connectivity index (χ2n) is 5.24. The lowest BCUT2D eigenvalue weighted by molar-refractivity contribution is -0.387. The molecule has 7 nitrogen and oxygen atoms in total. The summed E-state index contributed by atoms with van der Waals surface area (Å²) in [5.41, 5.74) is -2.67. The van der Waals surface area contributed by atoms with E-state index in [9.17, 15) is 37.6 Å². The van der Waals surface area contributed by atoms with Crippen LogP contribution < -0.4 is 10.2 Å². The Morgan fingerprint density at radius 1 is 1.15 bits per heavy atom. The second-order valence-corrected chi connectivity index (χ2v) is 5.24. The number of nitrogens with zero attached hydrogens (tertiary/aromatic N) is 1. The van der Waals surface area contributed by atoms with Crippen molar-refractivity contribution in [1.29, 1.82) is 0 Å². The molecule has 0 spiro atoms. The summed E-state index contributed by atoms with van der Waals surface area (Å²) < 4.78 is 63.0. The summed E-state index contributed by atoms with van der Waals surface area (Å²) in [6, 6.07) is 4.89. The zero-order valence-corrected chi connectivity index (χ0v) is 12.9. The van der Waals surface area contributed by atoms with Gasteiger partial charge in [-0.2, -0.15) is 17.6 Å². The molecule has 0 saturated heterocycles. The van der Waals surface area contributed by atoms with E-state index >= 15 is 0 Å². The van der Waals surface area contributed by atoms with Crippen molar-refractivity contribution in [1.82, 2.24) is 0 Å². The van der Waals surface area contributed by atoms with Crippen LogP contribution in [-0.4, -0.2) is 10.0 Å². The Morgan fingerprint density at radius 3 is 2.44 bits per heavy atom. The number of halogens is 4. The van der Waals surface area contributed by atoms with Gasteiger partial charge in [0.1, 0.15) is 17.1 Å². The molecule has 11 heteroatoms. The lowest BCUT2D eigenvalue weighted by Gasteiger charge is -2.13. The Labute approximate surface area is 146 Å². The quantitative estimate of drug-likeness (QED) is 0.408. The third-order valence-corrected chi connectivity index (χ3v) is 3.43. The summed E-state index contributed by atoms with van der Waals surface area (Å²) in [4.78, 5) is 22.0. The number of alkyl halides is 3. The third kappa shape index (κ3) is 3.38. The molecule has 0 amide bonds. The molecule has 0 fully saturated rings. The van der Waals surface area contributed by atoms with Gasteiger partial charge in [-0.15, -0.1) is 0 Å². The van der Waals surface area contributed by atoms with Crippen LogP contribution in [0.1, 0.15) is 5.76 Å². The minimum Gasteiger partial charge on any atom is -0.508 e. The number of nitro benzene ring substituents is 1. The Morgan fingerprint density at radius 2 is 1.85 bits per heavy atom. The zero-order chi connectivity index (χ0) is 19.9. The number of fused-ring (bicyclic) bond motifs is 1. The summed E-state index contributed by atoms with van der Waals surface area (Å²) >= 11 is 0. The van der Waals surface area contributed by atoms with Crippen molar-refractivity contribution in [2.24, 2.45) is 0 Å². The molecule has 0 aliphatic carbocycles. The van der Waals surface area contributed by atoms with Crippen molar-refractivity contribution in [2.75, 3.05) is 0 Å². The second kappa shape index (κ2) is 6.27. The van der Waals surface area contributed by atoms with Crippen LogP contribution in [0.3, 0.4) is 0 Å². The Kier molecular flexibility index (Phi) is 4.22. The van der Waals surface area contributed by atoms with E-state index in [0.29, 0.717) is 12.1 Å². The van der Waals surface area contributed by atoms with Crippen LogP contribution in [0.25, 0.3) is 11.0 Å². The minimum atomic E-state index is -5.15. The number of hydrogen-bond acceptors (Lipinski definition) is 6. The lowest BCUT2D eigenvalue weighted by atomic mass is 10.2. The number of nitro groups is 1. The fourth-order valence-electron chi connectivity index (χ4n) is 2.26. The van der Waals surface area contributed by atoms with Crippen LogP contribution in [0, 0.1) is 15.9 Å². The molecule has 3 aromatic rings. The molecule has 3 rings (SSSR count). The van der Waals surface area contributed by atoms with Crippen LogP contribution in [-0.2, 0) is 6.18 Å². The molecule has 27 heavy (non-hydrogen) atoms. The monoisotopic (exact) mass is 385 g/mol. The van der Waals surface area contributed by atoms with Gasteiger partial charge in [0.05, 0.1) is 10.3 Å². The standard InChI is InChI=1S/C16H7F4NO6/c17-10-6-8(2-4-11(10)21(24)25)26-14-13(23)9-3-1-7(22)5-12(9)27-15(14)16(18,19)20/h1-6,22H. The van der Waals surface area contributed by atoms with Gasteiger partial charge in [0.2, 0.25) is 17.0 Å². The molecule has 2 aromatic carbocycles. The molecule has 0 atom stereocenters. The highest BCUT2D eigenvalue weighted by molar-refractivity contribution is 5.79. The van der Waals surface area contributed by atoms with E-state index in [0.717, 1.165) is 24.3 Å². The first-order chi connectivity index (χ1) is 12.6. The fraction of sp³-hybridized carbons (Fsp3) is 0.0625. The smallest absolute Gasteiger partial charge is 0.453 e. The average molecular weight is 385 g/mol. The van der Waals surface area contributed by atoms with Gasteiger partial charge in [0.15, 0.2) is 0 Å². The van der Waals surface area contributed by atoms with Gasteiger partial charge in [-0.1, -0.05) is 0 Å². The summed E-state index contributed by atoms with van der Waals surface area (Å²) in [6.45, 7) is 0. The fourth-order valence-corrected chi connectivity index (χ4v) is 2.26. The van der Waals surface area contributed by atoms with Crippen molar-refractivity contribution in [2.45, 2.75) is 6.18 Å². The maximum atomic E-state index is 13.7. The maximum absolute atomic E-state index is 13.7. The maximum Gasteiger partial charge on any atom is 0.453 e. The van der Waals surface area contributed by atoms with Gasteiger partial charge in [-0.25, -0.2) is 0 Å². The molecule has 140 valence electrons. The average Bonchev–Trinajstić information content (AvgIpc) is 2.55. The van der Waals surface area contributed by atoms with Gasteiger partial charge in [0, 0.05) is 18.2 Å². The van der Waals surface area contributed by atoms with Gasteiger partial charge in [-0.3, -0.25) is 14.9 Å². The number of aromatic hydroxyl groups is 1. The predicted molar refractivity (Wildman–Crippen MR) is 82.3 cm³/mol. The van der Waals surface area contributed by atoms with E-state index in [-0.39, 0.29) is 5.39 Å². The van der Waals surface area contributed by atoms with E-state index in [1.807, 2.05) is 0 Å². The van der Waals surface area contributed by atoms with E-state index in [1.54, 1.807) is 0 Å². The molecule has 1 N–H and O–H groups in total. The summed E-state index contributed by atoms with van der Waals surface area (Å²) in [7, 11) is 0. The number of phenolic OH excluding ortho intramolecular Hbond substituents is 1. The molecule has 0 aliphatic rings. The highest BCUT2D eigenvalue weighted by Gasteiger charge is 2.40. The molecule has 0 radical (unpaired) electrons. The third-order valence-electron chi connectivity index (χ3n) is 3.43. The largest absolute Gasteiger partial charge is 0.508 e. The molecule has 1 heterocycles. The Bertz CT molecular complexity index is 1120. The predicted octanol–water partition coefficient (Wildman–Crippen LogP) is 4.36. The topological polar surface area (TPSA) is 103 Å². The van der Waals surface area contributed by atoms with Gasteiger partial charge >= 0.3 is 11.9 Å². The van der Waals surface area contributed by atoms with Crippen LogP contribution in [0.15, 0.2) is 45.6 Å². The molecule has 1 aromatic heterocycles. The number of rotatable bonds is 3. The summed E-state index contributed by atoms with van der Waals surface area (Å²) in [5, 5.41) is 19.6. The zero-order valence-electron chi connectivity index (χ0n) is 12.9. The van der Waals surface area contributed by atoms with E-state index in [2.05, 4.69) is 4.42 Å². The normalized spacial score (nSPS) is 11.6. The van der Waals surface area contributed by atoms with Crippen LogP contribution in [0.4, 0.5) is 23.2 Å². The van der Waals surface area contributed by atoms with Crippen molar-refractivity contribution < 1.29 is 36.7 Å². The summed E-state index contributed by atoms with van der Waals surface area (Å²) in [5.74, 6) is -5.43. The van der Waals surface area contributed by atoms with Crippen LogP contribution >= 0.6 is 0 Å². The minimum absolute atomic E-state index is 0.321. The highest BCUT2D eigenvalue weighted by Crippen LogP contribution is 2.39. The van der Waals surface area contributed by atoms with E-state index in [1.165, 1.54) is 0 Å². The SMILES string of the molecule is O=c1c(Oc2ccc([N+](=O)[O-])c(F)c2)c(C(F)(F)F)oc2cc(O)ccc12. The molecular formula is C16H7F4NO6. The first-order valence-electron chi connectivity index (χ1n) is 7.06. The number of benzene rings is 2. The van der Waals surface area contributed by atoms with Gasteiger partial charge in [0.25, 0.3) is 5.76 Å². The van der Waals surface area contributed by atoms with Gasteiger partial charge < -0.3 is 14.3 Å². The van der Waals surface area contributed by atoms with E-state index in [4.69, 9.17) is 4.74 Å². The Balaban J connectivity index is 2.20. The first-order valence-corrected chi connectivity index (χ1v) is 7.06. The highest BCUT2D eigenvalue weighted by atomic mass is 19.4. The van der Waals surface area contributed by atoms with E-state index < -0.39 is 56.6 Å². The lowest BCUT2D eigenvalue weighted by Crippen LogP contribution is -2.15. The Hall–Kier alpha value is -3.63. The molecule has 0 bridgehead atoms. The van der Waals surface area contributed by atoms with Crippen molar-refractivity contribution in [3.63, 3.8) is 0 Å². The van der Waals surface area contributed by atoms with Crippen molar-refractivity contribution in [3.8, 4) is 17.2 Å². The summed E-state index contributed by atoms with van der Waals surface area (Å²) in [6.07, 6.45) is -5.15. The van der Waals surface area contributed by atoms with Crippen LogP contribution in [0.5, 0.6) is 17.2 Å². The number of hydrogen-bond donors (Lipinski definition) is 1. The van der Waals surface area contributed by atoms with Crippen molar-refractivity contribution in [3.05, 3.63) is 68.3 Å². The first kappa shape index (κ1) is 18.2. The number of ether oxygens (including phenoxy) is 1. The molecular weight excluding hydrogens is 378 g/mol.